The molecule has 1 saturated carbocycles. The van der Waals surface area contributed by atoms with Gasteiger partial charge < -0.3 is 5.32 Å². The van der Waals surface area contributed by atoms with E-state index in [0.717, 1.165) is 18.7 Å². The summed E-state index contributed by atoms with van der Waals surface area (Å²) in [7, 11) is -3.38. The summed E-state index contributed by atoms with van der Waals surface area (Å²) in [6.45, 7) is 5.59. The van der Waals surface area contributed by atoms with E-state index in [2.05, 4.69) is 17.0 Å². The van der Waals surface area contributed by atoms with Crippen molar-refractivity contribution in [2.24, 2.45) is 11.8 Å². The molecule has 1 aromatic rings. The molecule has 0 heterocycles. The minimum atomic E-state index is -3.38. The van der Waals surface area contributed by atoms with Gasteiger partial charge in [-0.1, -0.05) is 19.8 Å². The summed E-state index contributed by atoms with van der Waals surface area (Å²) >= 11 is 0. The first-order valence-electron chi connectivity index (χ1n) is 7.36. The van der Waals surface area contributed by atoms with Gasteiger partial charge in [0.05, 0.1) is 4.90 Å². The smallest absolute Gasteiger partial charge is 0.240 e. The highest BCUT2D eigenvalue weighted by Gasteiger charge is 2.25. The van der Waals surface area contributed by atoms with Crippen LogP contribution in [-0.4, -0.2) is 21.5 Å². The number of benzene rings is 1. The van der Waals surface area contributed by atoms with Gasteiger partial charge in [-0.25, -0.2) is 13.1 Å². The molecule has 1 aliphatic rings. The fourth-order valence-corrected chi connectivity index (χ4v) is 3.88. The molecule has 2 rings (SSSR count). The van der Waals surface area contributed by atoms with Gasteiger partial charge in [0.1, 0.15) is 0 Å². The van der Waals surface area contributed by atoms with Gasteiger partial charge in [0, 0.05) is 18.8 Å². The Hall–Kier alpha value is -1.07. The molecule has 5 heteroatoms. The van der Waals surface area contributed by atoms with Gasteiger partial charge in [-0.05, 0) is 49.4 Å². The van der Waals surface area contributed by atoms with Crippen LogP contribution in [0, 0.1) is 11.8 Å². The Morgan fingerprint density at radius 3 is 2.45 bits per heavy atom. The molecule has 0 aliphatic heterocycles. The predicted octanol–water partition coefficient (Wildman–Crippen LogP) is 2.83. The number of nitrogens with one attached hydrogen (secondary N) is 2. The summed E-state index contributed by atoms with van der Waals surface area (Å²) in [5, 5.41) is 3.15. The third-order valence-corrected chi connectivity index (χ3v) is 5.56. The molecule has 20 heavy (non-hydrogen) atoms. The molecule has 1 aromatic carbocycles. The van der Waals surface area contributed by atoms with Gasteiger partial charge in [-0.2, -0.15) is 0 Å². The van der Waals surface area contributed by atoms with Crippen LogP contribution in [-0.2, 0) is 10.0 Å². The van der Waals surface area contributed by atoms with Crippen molar-refractivity contribution in [3.63, 3.8) is 0 Å². The Bertz CT molecular complexity index is 525. The molecule has 2 unspecified atom stereocenters. The maximum atomic E-state index is 12.2. The van der Waals surface area contributed by atoms with Crippen molar-refractivity contribution in [2.45, 2.75) is 38.0 Å². The van der Waals surface area contributed by atoms with Gasteiger partial charge >= 0.3 is 0 Å². The maximum absolute atomic E-state index is 12.2. The Labute approximate surface area is 122 Å². The van der Waals surface area contributed by atoms with E-state index < -0.39 is 10.0 Å². The van der Waals surface area contributed by atoms with Crippen LogP contribution < -0.4 is 10.0 Å². The van der Waals surface area contributed by atoms with E-state index in [0.29, 0.717) is 23.3 Å². The summed E-state index contributed by atoms with van der Waals surface area (Å²) in [5.41, 5.74) is 0.941. The lowest BCUT2D eigenvalue weighted by molar-refractivity contribution is 0.414. The number of hydrogen-bond donors (Lipinski definition) is 2. The fourth-order valence-electron chi connectivity index (χ4n) is 2.78. The first kappa shape index (κ1) is 15.3. The van der Waals surface area contributed by atoms with Gasteiger partial charge in [-0.15, -0.1) is 0 Å². The van der Waals surface area contributed by atoms with Crippen LogP contribution in [0.2, 0.25) is 0 Å². The van der Waals surface area contributed by atoms with Gasteiger partial charge in [0.25, 0.3) is 0 Å². The van der Waals surface area contributed by atoms with Crippen molar-refractivity contribution in [3.05, 3.63) is 24.3 Å². The number of rotatable bonds is 6. The monoisotopic (exact) mass is 296 g/mol. The fraction of sp³-hybridized carbons (Fsp3) is 0.600. The Balaban J connectivity index is 1.98. The van der Waals surface area contributed by atoms with Gasteiger partial charge in [0.2, 0.25) is 10.0 Å². The zero-order valence-electron chi connectivity index (χ0n) is 12.2. The minimum absolute atomic E-state index is 0.338. The van der Waals surface area contributed by atoms with Crippen LogP contribution in [0.3, 0.4) is 0 Å². The zero-order chi connectivity index (χ0) is 14.6. The van der Waals surface area contributed by atoms with Crippen molar-refractivity contribution >= 4 is 15.7 Å². The van der Waals surface area contributed by atoms with E-state index in [1.165, 1.54) is 12.8 Å². The lowest BCUT2D eigenvalue weighted by Gasteiger charge is -2.16. The van der Waals surface area contributed by atoms with E-state index >= 15 is 0 Å². The van der Waals surface area contributed by atoms with Crippen molar-refractivity contribution in [2.75, 3.05) is 18.4 Å². The second-order valence-corrected chi connectivity index (χ2v) is 7.34. The van der Waals surface area contributed by atoms with E-state index in [1.54, 1.807) is 24.3 Å². The Morgan fingerprint density at radius 1 is 1.20 bits per heavy atom. The van der Waals surface area contributed by atoms with Crippen LogP contribution in [0.4, 0.5) is 5.69 Å². The largest absolute Gasteiger partial charge is 0.385 e. The molecule has 0 spiro atoms. The van der Waals surface area contributed by atoms with Crippen molar-refractivity contribution in [1.29, 1.82) is 0 Å². The molecule has 4 nitrogen and oxygen atoms in total. The quantitative estimate of drug-likeness (QED) is 0.848. The summed E-state index contributed by atoms with van der Waals surface area (Å²) in [6.07, 6.45) is 3.55. The highest BCUT2D eigenvalue weighted by molar-refractivity contribution is 7.89. The predicted molar refractivity (Wildman–Crippen MR) is 82.3 cm³/mol. The van der Waals surface area contributed by atoms with E-state index in [1.807, 2.05) is 6.92 Å². The first-order valence-corrected chi connectivity index (χ1v) is 8.85. The first-order chi connectivity index (χ1) is 9.53. The molecule has 0 bridgehead atoms. The lowest BCUT2D eigenvalue weighted by Crippen LogP contribution is -2.30. The second-order valence-electron chi connectivity index (χ2n) is 5.57. The molecule has 0 amide bonds. The standard InChI is InChI=1S/C15H24N2O2S/c1-3-16-14-7-9-15(10-8-14)20(18,19)17-11-13-6-4-5-12(13)2/h7-10,12-13,16-17H,3-6,11H2,1-2H3. The average molecular weight is 296 g/mol. The van der Waals surface area contributed by atoms with Crippen molar-refractivity contribution in [3.8, 4) is 0 Å². The minimum Gasteiger partial charge on any atom is -0.385 e. The molecule has 1 fully saturated rings. The number of anilines is 1. The lowest BCUT2D eigenvalue weighted by atomic mass is 9.99. The third kappa shape index (κ3) is 3.73. The van der Waals surface area contributed by atoms with Crippen molar-refractivity contribution in [1.82, 2.24) is 4.72 Å². The molecular weight excluding hydrogens is 272 g/mol. The summed E-state index contributed by atoms with van der Waals surface area (Å²) in [4.78, 5) is 0.338. The Morgan fingerprint density at radius 2 is 1.90 bits per heavy atom. The highest BCUT2D eigenvalue weighted by Crippen LogP contribution is 2.30. The molecule has 2 N–H and O–H groups in total. The second kappa shape index (κ2) is 6.59. The summed E-state index contributed by atoms with van der Waals surface area (Å²) in [6, 6.07) is 6.91. The van der Waals surface area contributed by atoms with Gasteiger partial charge in [0.15, 0.2) is 0 Å². The topological polar surface area (TPSA) is 58.2 Å². The van der Waals surface area contributed by atoms with Crippen LogP contribution in [0.25, 0.3) is 0 Å². The third-order valence-electron chi connectivity index (χ3n) is 4.12. The van der Waals surface area contributed by atoms with E-state index in [4.69, 9.17) is 0 Å². The summed E-state index contributed by atoms with van der Waals surface area (Å²) in [5.74, 6) is 1.10. The molecule has 2 atom stereocenters. The number of hydrogen-bond acceptors (Lipinski definition) is 3. The maximum Gasteiger partial charge on any atom is 0.240 e. The van der Waals surface area contributed by atoms with E-state index in [-0.39, 0.29) is 0 Å². The van der Waals surface area contributed by atoms with Crippen molar-refractivity contribution < 1.29 is 8.42 Å². The zero-order valence-corrected chi connectivity index (χ0v) is 13.0. The normalized spacial score (nSPS) is 22.9. The average Bonchev–Trinajstić information content (AvgIpc) is 2.83. The molecule has 0 radical (unpaired) electrons. The molecule has 0 saturated heterocycles. The van der Waals surface area contributed by atoms with Crippen LogP contribution in [0.5, 0.6) is 0 Å². The van der Waals surface area contributed by atoms with Gasteiger partial charge in [-0.3, -0.25) is 0 Å². The van der Waals surface area contributed by atoms with E-state index in [9.17, 15) is 8.42 Å². The van der Waals surface area contributed by atoms with Crippen LogP contribution in [0.15, 0.2) is 29.2 Å². The molecular formula is C15H24N2O2S. The number of sulfonamides is 1. The highest BCUT2D eigenvalue weighted by atomic mass is 32.2. The SMILES string of the molecule is CCNc1ccc(S(=O)(=O)NCC2CCCC2C)cc1. The van der Waals surface area contributed by atoms with Crippen LogP contribution in [0.1, 0.15) is 33.1 Å². The molecule has 1 aliphatic carbocycles. The Kier molecular flexibility index (Phi) is 5.05. The summed E-state index contributed by atoms with van der Waals surface area (Å²) < 4.78 is 27.2. The molecule has 0 aromatic heterocycles. The molecule has 112 valence electrons. The van der Waals surface area contributed by atoms with Crippen LogP contribution >= 0.6 is 0 Å².